The second-order valence-electron chi connectivity index (χ2n) is 3.77. The molecule has 1 heterocycles. The molecule has 2 rings (SSSR count). The summed E-state index contributed by atoms with van der Waals surface area (Å²) in [6, 6.07) is 7.02. The van der Waals surface area contributed by atoms with Crippen molar-refractivity contribution < 1.29 is 18.3 Å². The minimum atomic E-state index is -4.31. The van der Waals surface area contributed by atoms with Crippen molar-refractivity contribution in [3.05, 3.63) is 24.3 Å². The summed E-state index contributed by atoms with van der Waals surface area (Å²) in [4.78, 5) is 1.11. The highest BCUT2D eigenvalue weighted by atomic mass is 32.1. The van der Waals surface area contributed by atoms with Crippen LogP contribution in [0, 0.1) is 0 Å². The molecule has 0 bridgehead atoms. The first-order valence-corrected chi connectivity index (χ1v) is 6.05. The van der Waals surface area contributed by atoms with E-state index < -0.39 is 12.7 Å². The van der Waals surface area contributed by atoms with Gasteiger partial charge in [-0.1, -0.05) is 12.1 Å². The van der Waals surface area contributed by atoms with Crippen LogP contribution in [0.15, 0.2) is 24.3 Å². The molecule has 0 amide bonds. The van der Waals surface area contributed by atoms with Gasteiger partial charge in [0.25, 0.3) is 0 Å². The van der Waals surface area contributed by atoms with Crippen LogP contribution in [0.25, 0.3) is 10.9 Å². The van der Waals surface area contributed by atoms with Crippen LogP contribution in [0.1, 0.15) is 0 Å². The predicted octanol–water partition coefficient (Wildman–Crippen LogP) is 2.66. The number of benzene rings is 1. The topological polar surface area (TPSA) is 36.4 Å². The standard InChI is InChI=1S/C11H11F3N2OS/c12-11(13,14)7-16(5-6-17)10-8-3-1-2-4-9(8)15-18-10/h1-4,17H,5-7H2. The first-order valence-electron chi connectivity index (χ1n) is 5.28. The van der Waals surface area contributed by atoms with Crippen LogP contribution in [0.4, 0.5) is 18.2 Å². The van der Waals surface area contributed by atoms with Gasteiger partial charge in [0.15, 0.2) is 0 Å². The fraction of sp³-hybridized carbons (Fsp3) is 0.364. The number of hydrogen-bond acceptors (Lipinski definition) is 4. The summed E-state index contributed by atoms with van der Waals surface area (Å²) in [5.41, 5.74) is 0.669. The van der Waals surface area contributed by atoms with Crippen LogP contribution in [0.5, 0.6) is 0 Å². The van der Waals surface area contributed by atoms with Crippen LogP contribution < -0.4 is 4.90 Å². The average Bonchev–Trinajstić information content (AvgIpc) is 2.70. The van der Waals surface area contributed by atoms with Crippen LogP contribution in [0.3, 0.4) is 0 Å². The van der Waals surface area contributed by atoms with Gasteiger partial charge >= 0.3 is 6.18 Å². The summed E-state index contributed by atoms with van der Waals surface area (Å²) in [5.74, 6) is 0. The van der Waals surface area contributed by atoms with Crippen molar-refractivity contribution in [3.63, 3.8) is 0 Å². The van der Waals surface area contributed by atoms with Crippen LogP contribution in [-0.2, 0) is 0 Å². The molecule has 0 fully saturated rings. The van der Waals surface area contributed by atoms with Gasteiger partial charge in [-0.05, 0) is 23.7 Å². The Morgan fingerprint density at radius 1 is 1.28 bits per heavy atom. The summed E-state index contributed by atoms with van der Waals surface area (Å²) in [5, 5.41) is 10.0. The summed E-state index contributed by atoms with van der Waals surface area (Å²) in [6.07, 6.45) is -4.31. The quantitative estimate of drug-likeness (QED) is 0.932. The van der Waals surface area contributed by atoms with Gasteiger partial charge in [-0.15, -0.1) is 0 Å². The fourth-order valence-electron chi connectivity index (χ4n) is 1.69. The molecule has 7 heteroatoms. The zero-order valence-corrected chi connectivity index (χ0v) is 10.1. The number of hydrogen-bond donors (Lipinski definition) is 1. The molecule has 98 valence electrons. The Morgan fingerprint density at radius 3 is 2.67 bits per heavy atom. The molecule has 1 aromatic carbocycles. The molecule has 0 atom stereocenters. The Bertz CT molecular complexity index is 526. The van der Waals surface area contributed by atoms with Gasteiger partial charge in [-0.2, -0.15) is 17.5 Å². The van der Waals surface area contributed by atoms with Crippen LogP contribution >= 0.6 is 11.5 Å². The van der Waals surface area contributed by atoms with Crippen molar-refractivity contribution in [1.29, 1.82) is 0 Å². The van der Waals surface area contributed by atoms with E-state index in [2.05, 4.69) is 4.37 Å². The third-order valence-electron chi connectivity index (χ3n) is 2.39. The highest BCUT2D eigenvalue weighted by Crippen LogP contribution is 2.32. The molecule has 0 aliphatic carbocycles. The summed E-state index contributed by atoms with van der Waals surface area (Å²) < 4.78 is 41.5. The lowest BCUT2D eigenvalue weighted by molar-refractivity contribution is -0.119. The molecule has 0 unspecified atom stereocenters. The molecule has 3 nitrogen and oxygen atoms in total. The van der Waals surface area contributed by atoms with E-state index in [0.29, 0.717) is 15.9 Å². The van der Waals surface area contributed by atoms with Gasteiger partial charge in [-0.25, -0.2) is 0 Å². The molecule has 0 saturated carbocycles. The number of fused-ring (bicyclic) bond motifs is 1. The van der Waals surface area contributed by atoms with Gasteiger partial charge in [0.1, 0.15) is 11.5 Å². The third kappa shape index (κ3) is 2.91. The van der Waals surface area contributed by atoms with Crippen molar-refractivity contribution in [2.45, 2.75) is 6.18 Å². The first-order chi connectivity index (χ1) is 8.51. The monoisotopic (exact) mass is 276 g/mol. The van der Waals surface area contributed by atoms with Crippen LogP contribution in [-0.4, -0.2) is 35.4 Å². The van der Waals surface area contributed by atoms with Gasteiger partial charge in [0, 0.05) is 11.9 Å². The Hall–Kier alpha value is -1.34. The smallest absolute Gasteiger partial charge is 0.395 e. The van der Waals surface area contributed by atoms with Crippen molar-refractivity contribution in [1.82, 2.24) is 4.37 Å². The fourth-order valence-corrected chi connectivity index (χ4v) is 2.58. The minimum Gasteiger partial charge on any atom is -0.395 e. The van der Waals surface area contributed by atoms with E-state index >= 15 is 0 Å². The summed E-state index contributed by atoms with van der Waals surface area (Å²) in [7, 11) is 0. The highest BCUT2D eigenvalue weighted by Gasteiger charge is 2.31. The van der Waals surface area contributed by atoms with Crippen molar-refractivity contribution in [2.24, 2.45) is 0 Å². The SMILES string of the molecule is OCCN(CC(F)(F)F)c1snc2ccccc12. The van der Waals surface area contributed by atoms with Crippen LogP contribution in [0.2, 0.25) is 0 Å². The van der Waals surface area contributed by atoms with E-state index in [1.54, 1.807) is 24.3 Å². The number of anilines is 1. The maximum Gasteiger partial charge on any atom is 0.405 e. The van der Waals surface area contributed by atoms with E-state index in [-0.39, 0.29) is 13.2 Å². The molecule has 2 aromatic rings. The lowest BCUT2D eigenvalue weighted by atomic mass is 10.2. The zero-order valence-electron chi connectivity index (χ0n) is 9.31. The van der Waals surface area contributed by atoms with E-state index in [1.807, 2.05) is 0 Å². The lowest BCUT2D eigenvalue weighted by Crippen LogP contribution is -2.35. The van der Waals surface area contributed by atoms with E-state index in [1.165, 1.54) is 0 Å². The van der Waals surface area contributed by atoms with Gasteiger partial charge in [-0.3, -0.25) is 0 Å². The molecule has 1 N–H and O–H groups in total. The Labute approximate surface area is 106 Å². The van der Waals surface area contributed by atoms with Crippen molar-refractivity contribution >= 4 is 27.4 Å². The molecular formula is C11H11F3N2OS. The van der Waals surface area contributed by atoms with Gasteiger partial charge < -0.3 is 10.0 Å². The molecule has 0 aliphatic heterocycles. The summed E-state index contributed by atoms with van der Waals surface area (Å²) >= 11 is 1.02. The van der Waals surface area contributed by atoms with E-state index in [0.717, 1.165) is 16.4 Å². The van der Waals surface area contributed by atoms with Crippen molar-refractivity contribution in [3.8, 4) is 0 Å². The average molecular weight is 276 g/mol. The molecule has 0 radical (unpaired) electrons. The molecule has 0 aliphatic rings. The number of nitrogens with zero attached hydrogens (tertiary/aromatic N) is 2. The largest absolute Gasteiger partial charge is 0.405 e. The molecule has 0 saturated heterocycles. The highest BCUT2D eigenvalue weighted by molar-refractivity contribution is 7.11. The number of halogens is 3. The van der Waals surface area contributed by atoms with Crippen molar-refractivity contribution in [2.75, 3.05) is 24.6 Å². The Balaban J connectivity index is 2.35. The third-order valence-corrected chi connectivity index (χ3v) is 3.33. The predicted molar refractivity (Wildman–Crippen MR) is 65.0 cm³/mol. The second kappa shape index (κ2) is 5.11. The maximum absolute atomic E-state index is 12.5. The van der Waals surface area contributed by atoms with E-state index in [9.17, 15) is 13.2 Å². The zero-order chi connectivity index (χ0) is 13.2. The Kier molecular flexibility index (Phi) is 3.72. The Morgan fingerprint density at radius 2 is 2.00 bits per heavy atom. The van der Waals surface area contributed by atoms with Gasteiger partial charge in [0.05, 0.1) is 12.1 Å². The number of rotatable bonds is 4. The molecule has 18 heavy (non-hydrogen) atoms. The maximum atomic E-state index is 12.5. The first kappa shape index (κ1) is 13.1. The minimum absolute atomic E-state index is 0.0638. The molecule has 1 aromatic heterocycles. The lowest BCUT2D eigenvalue weighted by Gasteiger charge is -2.23. The molecular weight excluding hydrogens is 265 g/mol. The number of alkyl halides is 3. The molecule has 0 spiro atoms. The second-order valence-corrected chi connectivity index (χ2v) is 4.52. The number of aliphatic hydroxyl groups is 1. The normalized spacial score (nSPS) is 12.0. The van der Waals surface area contributed by atoms with E-state index in [4.69, 9.17) is 5.11 Å². The summed E-state index contributed by atoms with van der Waals surface area (Å²) in [6.45, 7) is -1.48. The number of aliphatic hydroxyl groups excluding tert-OH is 1. The van der Waals surface area contributed by atoms with Gasteiger partial charge in [0.2, 0.25) is 0 Å². The number of aromatic nitrogens is 1.